The van der Waals surface area contributed by atoms with Crippen molar-refractivity contribution in [1.29, 1.82) is 0 Å². The Hall–Kier alpha value is -0.600. The highest BCUT2D eigenvalue weighted by molar-refractivity contribution is 5.27. The number of rotatable bonds is 1. The van der Waals surface area contributed by atoms with Gasteiger partial charge in [0.25, 0.3) is 0 Å². The zero-order chi connectivity index (χ0) is 7.56. The van der Waals surface area contributed by atoms with Gasteiger partial charge in [-0.3, -0.25) is 0 Å². The van der Waals surface area contributed by atoms with E-state index >= 15 is 0 Å². The van der Waals surface area contributed by atoms with Crippen LogP contribution in [0.15, 0.2) is 23.8 Å². The SMILES string of the molecule is CCC1=CC(O)C(N)C=C1. The fourth-order valence-corrected chi connectivity index (χ4v) is 0.970. The highest BCUT2D eigenvalue weighted by Gasteiger charge is 2.12. The second-order valence-electron chi connectivity index (χ2n) is 2.52. The van der Waals surface area contributed by atoms with Gasteiger partial charge in [0.05, 0.1) is 12.1 Å². The fourth-order valence-electron chi connectivity index (χ4n) is 0.970. The summed E-state index contributed by atoms with van der Waals surface area (Å²) >= 11 is 0. The third-order valence-electron chi connectivity index (χ3n) is 1.72. The number of nitrogens with two attached hydrogens (primary N) is 1. The summed E-state index contributed by atoms with van der Waals surface area (Å²) in [4.78, 5) is 0. The van der Waals surface area contributed by atoms with Gasteiger partial charge in [0.1, 0.15) is 0 Å². The third-order valence-corrected chi connectivity index (χ3v) is 1.72. The van der Waals surface area contributed by atoms with Crippen LogP contribution in [0.25, 0.3) is 0 Å². The molecule has 0 bridgehead atoms. The van der Waals surface area contributed by atoms with Crippen molar-refractivity contribution in [2.75, 3.05) is 0 Å². The van der Waals surface area contributed by atoms with Crippen LogP contribution in [0.5, 0.6) is 0 Å². The van der Waals surface area contributed by atoms with Gasteiger partial charge in [-0.2, -0.15) is 0 Å². The highest BCUT2D eigenvalue weighted by Crippen LogP contribution is 2.11. The topological polar surface area (TPSA) is 46.2 Å². The molecule has 0 saturated heterocycles. The summed E-state index contributed by atoms with van der Waals surface area (Å²) in [5.74, 6) is 0. The van der Waals surface area contributed by atoms with Crippen LogP contribution >= 0.6 is 0 Å². The van der Waals surface area contributed by atoms with Gasteiger partial charge in [0.15, 0.2) is 0 Å². The van der Waals surface area contributed by atoms with E-state index in [1.54, 1.807) is 0 Å². The lowest BCUT2D eigenvalue weighted by Gasteiger charge is -2.16. The molecule has 2 heteroatoms. The fraction of sp³-hybridized carbons (Fsp3) is 0.500. The summed E-state index contributed by atoms with van der Waals surface area (Å²) in [6, 6.07) is -0.213. The monoisotopic (exact) mass is 139 g/mol. The molecular formula is C8H13NO. The molecule has 56 valence electrons. The summed E-state index contributed by atoms with van der Waals surface area (Å²) in [5, 5.41) is 9.23. The van der Waals surface area contributed by atoms with E-state index < -0.39 is 6.10 Å². The van der Waals surface area contributed by atoms with Gasteiger partial charge in [-0.1, -0.05) is 25.2 Å². The molecule has 3 N–H and O–H groups in total. The van der Waals surface area contributed by atoms with Gasteiger partial charge in [0.2, 0.25) is 0 Å². The number of allylic oxidation sites excluding steroid dienone is 2. The van der Waals surface area contributed by atoms with E-state index in [0.29, 0.717) is 0 Å². The van der Waals surface area contributed by atoms with E-state index in [2.05, 4.69) is 6.92 Å². The van der Waals surface area contributed by atoms with Crippen molar-refractivity contribution in [2.45, 2.75) is 25.5 Å². The van der Waals surface area contributed by atoms with Crippen LogP contribution in [-0.2, 0) is 0 Å². The van der Waals surface area contributed by atoms with E-state index in [0.717, 1.165) is 12.0 Å². The molecule has 0 saturated carbocycles. The maximum atomic E-state index is 9.23. The molecule has 1 rings (SSSR count). The van der Waals surface area contributed by atoms with Crippen molar-refractivity contribution >= 4 is 0 Å². The quantitative estimate of drug-likeness (QED) is 0.558. The Morgan fingerprint density at radius 1 is 1.70 bits per heavy atom. The second kappa shape index (κ2) is 2.99. The molecule has 1 aliphatic carbocycles. The van der Waals surface area contributed by atoms with Crippen molar-refractivity contribution in [2.24, 2.45) is 5.73 Å². The molecule has 0 spiro atoms. The Kier molecular flexibility index (Phi) is 2.25. The molecule has 1 aliphatic rings. The van der Waals surface area contributed by atoms with Gasteiger partial charge in [-0.05, 0) is 12.0 Å². The lowest BCUT2D eigenvalue weighted by Crippen LogP contribution is -2.32. The van der Waals surface area contributed by atoms with Gasteiger partial charge in [0, 0.05) is 0 Å². The lowest BCUT2D eigenvalue weighted by atomic mass is 10.00. The largest absolute Gasteiger partial charge is 0.387 e. The van der Waals surface area contributed by atoms with Crippen molar-refractivity contribution in [3.63, 3.8) is 0 Å². The molecule has 2 nitrogen and oxygen atoms in total. The standard InChI is InChI=1S/C8H13NO/c1-2-6-3-4-7(9)8(10)5-6/h3-5,7-8,10H,2,9H2,1H3. The Bertz CT molecular complexity index is 172. The number of aliphatic hydroxyl groups is 1. The first-order valence-corrected chi connectivity index (χ1v) is 3.56. The summed E-state index contributed by atoms with van der Waals surface area (Å²) in [6.07, 6.45) is 6.09. The molecule has 0 aromatic rings. The van der Waals surface area contributed by atoms with E-state index in [-0.39, 0.29) is 6.04 Å². The van der Waals surface area contributed by atoms with Crippen molar-refractivity contribution in [1.82, 2.24) is 0 Å². The average molecular weight is 139 g/mol. The molecule has 2 unspecified atom stereocenters. The Balaban J connectivity index is 2.66. The van der Waals surface area contributed by atoms with E-state index in [4.69, 9.17) is 5.73 Å². The first-order chi connectivity index (χ1) is 4.74. The van der Waals surface area contributed by atoms with Gasteiger partial charge in [-0.15, -0.1) is 0 Å². The predicted molar refractivity (Wildman–Crippen MR) is 41.5 cm³/mol. The first kappa shape index (κ1) is 7.51. The Morgan fingerprint density at radius 2 is 2.40 bits per heavy atom. The number of hydrogen-bond donors (Lipinski definition) is 2. The first-order valence-electron chi connectivity index (χ1n) is 3.56. The molecule has 0 aromatic carbocycles. The molecule has 10 heavy (non-hydrogen) atoms. The molecule has 0 amide bonds. The molecule has 0 aliphatic heterocycles. The van der Waals surface area contributed by atoms with Crippen LogP contribution in [0.2, 0.25) is 0 Å². The number of hydrogen-bond acceptors (Lipinski definition) is 2. The summed E-state index contributed by atoms with van der Waals surface area (Å²) in [7, 11) is 0. The van der Waals surface area contributed by atoms with Gasteiger partial charge < -0.3 is 10.8 Å². The minimum atomic E-state index is -0.486. The van der Waals surface area contributed by atoms with Gasteiger partial charge in [-0.25, -0.2) is 0 Å². The molecule has 0 heterocycles. The summed E-state index contributed by atoms with van der Waals surface area (Å²) < 4.78 is 0. The smallest absolute Gasteiger partial charge is 0.0913 e. The third kappa shape index (κ3) is 1.46. The van der Waals surface area contributed by atoms with Crippen LogP contribution in [-0.4, -0.2) is 17.3 Å². The Morgan fingerprint density at radius 3 is 2.90 bits per heavy atom. The predicted octanol–water partition coefficient (Wildman–Crippen LogP) is 0.581. The zero-order valence-corrected chi connectivity index (χ0v) is 6.12. The molecule has 0 aromatic heterocycles. The molecular weight excluding hydrogens is 126 g/mol. The van der Waals surface area contributed by atoms with Crippen LogP contribution in [0.4, 0.5) is 0 Å². The van der Waals surface area contributed by atoms with E-state index in [1.807, 2.05) is 18.2 Å². The number of aliphatic hydroxyl groups excluding tert-OH is 1. The average Bonchev–Trinajstić information content (AvgIpc) is 1.95. The van der Waals surface area contributed by atoms with Crippen molar-refractivity contribution in [3.8, 4) is 0 Å². The Labute approximate surface area is 61.0 Å². The van der Waals surface area contributed by atoms with Crippen LogP contribution in [0, 0.1) is 0 Å². The lowest BCUT2D eigenvalue weighted by molar-refractivity contribution is 0.206. The van der Waals surface area contributed by atoms with Crippen molar-refractivity contribution < 1.29 is 5.11 Å². The van der Waals surface area contributed by atoms with Crippen LogP contribution in [0.1, 0.15) is 13.3 Å². The van der Waals surface area contributed by atoms with Gasteiger partial charge >= 0.3 is 0 Å². The second-order valence-corrected chi connectivity index (χ2v) is 2.52. The zero-order valence-electron chi connectivity index (χ0n) is 6.12. The summed E-state index contributed by atoms with van der Waals surface area (Å²) in [5.41, 5.74) is 6.68. The summed E-state index contributed by atoms with van der Waals surface area (Å²) in [6.45, 7) is 2.06. The minimum absolute atomic E-state index is 0.213. The molecule has 2 atom stereocenters. The molecule has 0 fully saturated rings. The normalized spacial score (nSPS) is 32.1. The maximum absolute atomic E-state index is 9.23. The highest BCUT2D eigenvalue weighted by atomic mass is 16.3. The van der Waals surface area contributed by atoms with Crippen LogP contribution in [0.3, 0.4) is 0 Å². The van der Waals surface area contributed by atoms with Crippen LogP contribution < -0.4 is 5.73 Å². The van der Waals surface area contributed by atoms with E-state index in [9.17, 15) is 5.11 Å². The minimum Gasteiger partial charge on any atom is -0.387 e. The molecule has 0 radical (unpaired) electrons. The van der Waals surface area contributed by atoms with Crippen molar-refractivity contribution in [3.05, 3.63) is 23.8 Å². The van der Waals surface area contributed by atoms with E-state index in [1.165, 1.54) is 0 Å². The maximum Gasteiger partial charge on any atom is 0.0913 e.